The van der Waals surface area contributed by atoms with Crippen LogP contribution < -0.4 is 0 Å². The van der Waals surface area contributed by atoms with Gasteiger partial charge in [-0.2, -0.15) is 0 Å². The molecule has 0 spiro atoms. The highest BCUT2D eigenvalue weighted by Gasteiger charge is 2.07. The first kappa shape index (κ1) is 11.5. The first-order valence-corrected chi connectivity index (χ1v) is 5.07. The van der Waals surface area contributed by atoms with Crippen molar-refractivity contribution in [3.05, 3.63) is 35.6 Å². The molecule has 0 bridgehead atoms. The van der Waals surface area contributed by atoms with Crippen molar-refractivity contribution in [1.82, 2.24) is 4.90 Å². The number of halogens is 2. The van der Waals surface area contributed by atoms with Gasteiger partial charge in [-0.3, -0.25) is 0 Å². The van der Waals surface area contributed by atoms with E-state index < -0.39 is 0 Å². The molecule has 1 atom stereocenters. The van der Waals surface area contributed by atoms with Gasteiger partial charge in [0.2, 0.25) is 0 Å². The van der Waals surface area contributed by atoms with Crippen molar-refractivity contribution in [3.63, 3.8) is 0 Å². The van der Waals surface area contributed by atoms with E-state index in [4.69, 9.17) is 11.6 Å². The van der Waals surface area contributed by atoms with Crippen LogP contribution in [0.4, 0.5) is 4.39 Å². The Balaban J connectivity index is 2.52. The standard InChI is InChI=1S/C11H15ClFN/c1-14(2)8-7-11(12)9-3-5-10(13)6-4-9/h3-6,11H,7-8H2,1-2H3. The monoisotopic (exact) mass is 215 g/mol. The van der Waals surface area contributed by atoms with Gasteiger partial charge >= 0.3 is 0 Å². The van der Waals surface area contributed by atoms with Crippen molar-refractivity contribution in [2.45, 2.75) is 11.8 Å². The number of rotatable bonds is 4. The molecule has 1 rings (SSSR count). The maximum atomic E-state index is 12.6. The Morgan fingerprint density at radius 2 is 1.86 bits per heavy atom. The molecule has 0 fully saturated rings. The van der Waals surface area contributed by atoms with E-state index >= 15 is 0 Å². The fourth-order valence-electron chi connectivity index (χ4n) is 1.21. The van der Waals surface area contributed by atoms with Gasteiger partial charge in [-0.05, 0) is 44.8 Å². The Labute approximate surface area is 89.5 Å². The number of benzene rings is 1. The first-order chi connectivity index (χ1) is 6.59. The smallest absolute Gasteiger partial charge is 0.123 e. The molecular formula is C11H15ClFN. The fraction of sp³-hybridized carbons (Fsp3) is 0.455. The molecule has 0 amide bonds. The molecule has 0 saturated heterocycles. The van der Waals surface area contributed by atoms with Crippen LogP contribution in [-0.4, -0.2) is 25.5 Å². The Bertz CT molecular complexity index is 271. The molecule has 0 radical (unpaired) electrons. The number of nitrogens with zero attached hydrogens (tertiary/aromatic N) is 1. The quantitative estimate of drug-likeness (QED) is 0.698. The SMILES string of the molecule is CN(C)CCC(Cl)c1ccc(F)cc1. The normalized spacial score (nSPS) is 13.2. The first-order valence-electron chi connectivity index (χ1n) is 4.64. The summed E-state index contributed by atoms with van der Waals surface area (Å²) in [7, 11) is 4.02. The van der Waals surface area contributed by atoms with Gasteiger partial charge in [0, 0.05) is 0 Å². The van der Waals surface area contributed by atoms with Crippen molar-refractivity contribution in [1.29, 1.82) is 0 Å². The second-order valence-electron chi connectivity index (χ2n) is 3.61. The van der Waals surface area contributed by atoms with Crippen LogP contribution in [0, 0.1) is 5.82 Å². The molecule has 0 N–H and O–H groups in total. The molecule has 1 aromatic carbocycles. The second kappa shape index (κ2) is 5.32. The molecule has 0 aliphatic rings. The van der Waals surface area contributed by atoms with Crippen LogP contribution in [0.2, 0.25) is 0 Å². The zero-order chi connectivity index (χ0) is 10.6. The zero-order valence-corrected chi connectivity index (χ0v) is 9.26. The lowest BCUT2D eigenvalue weighted by Crippen LogP contribution is -2.14. The highest BCUT2D eigenvalue weighted by Crippen LogP contribution is 2.24. The third kappa shape index (κ3) is 3.64. The van der Waals surface area contributed by atoms with E-state index in [0.717, 1.165) is 18.5 Å². The molecule has 1 aromatic rings. The summed E-state index contributed by atoms with van der Waals surface area (Å²) >= 11 is 6.15. The number of alkyl halides is 1. The molecule has 0 aliphatic carbocycles. The predicted octanol–water partition coefficient (Wildman–Crippen LogP) is 3.06. The Morgan fingerprint density at radius 1 is 1.29 bits per heavy atom. The van der Waals surface area contributed by atoms with Crippen LogP contribution in [0.15, 0.2) is 24.3 Å². The Morgan fingerprint density at radius 3 is 2.36 bits per heavy atom. The van der Waals surface area contributed by atoms with Gasteiger partial charge in [-0.25, -0.2) is 4.39 Å². The van der Waals surface area contributed by atoms with Crippen molar-refractivity contribution in [2.75, 3.05) is 20.6 Å². The molecule has 0 saturated carbocycles. The molecule has 0 aliphatic heterocycles. The summed E-state index contributed by atoms with van der Waals surface area (Å²) in [5.74, 6) is -0.217. The van der Waals surface area contributed by atoms with E-state index in [-0.39, 0.29) is 11.2 Å². The maximum absolute atomic E-state index is 12.6. The lowest BCUT2D eigenvalue weighted by molar-refractivity contribution is 0.397. The molecule has 3 heteroatoms. The van der Waals surface area contributed by atoms with Crippen molar-refractivity contribution < 1.29 is 4.39 Å². The summed E-state index contributed by atoms with van der Waals surface area (Å²) in [6, 6.07) is 6.37. The second-order valence-corrected chi connectivity index (χ2v) is 4.14. The summed E-state index contributed by atoms with van der Waals surface area (Å²) in [4.78, 5) is 2.08. The predicted molar refractivity (Wildman–Crippen MR) is 58.2 cm³/mol. The van der Waals surface area contributed by atoms with Gasteiger partial charge in [-0.15, -0.1) is 11.6 Å². The van der Waals surface area contributed by atoms with Gasteiger partial charge in [0.25, 0.3) is 0 Å². The zero-order valence-electron chi connectivity index (χ0n) is 8.50. The number of hydrogen-bond donors (Lipinski definition) is 0. The van der Waals surface area contributed by atoms with Crippen molar-refractivity contribution in [3.8, 4) is 0 Å². The highest BCUT2D eigenvalue weighted by atomic mass is 35.5. The summed E-state index contributed by atoms with van der Waals surface area (Å²) in [5.41, 5.74) is 0.981. The molecule has 0 aromatic heterocycles. The summed E-state index contributed by atoms with van der Waals surface area (Å²) < 4.78 is 12.6. The largest absolute Gasteiger partial charge is 0.309 e. The average molecular weight is 216 g/mol. The van der Waals surface area contributed by atoms with E-state index in [1.165, 1.54) is 12.1 Å². The van der Waals surface area contributed by atoms with Crippen LogP contribution in [0.25, 0.3) is 0 Å². The van der Waals surface area contributed by atoms with Crippen LogP contribution in [-0.2, 0) is 0 Å². The third-order valence-corrected chi connectivity index (χ3v) is 2.53. The lowest BCUT2D eigenvalue weighted by atomic mass is 10.1. The molecule has 14 heavy (non-hydrogen) atoms. The Kier molecular flexibility index (Phi) is 4.36. The van der Waals surface area contributed by atoms with E-state index in [1.807, 2.05) is 14.1 Å². The molecule has 1 nitrogen and oxygen atoms in total. The van der Waals surface area contributed by atoms with Gasteiger partial charge in [0.15, 0.2) is 0 Å². The van der Waals surface area contributed by atoms with Crippen molar-refractivity contribution in [2.24, 2.45) is 0 Å². The topological polar surface area (TPSA) is 3.24 Å². The summed E-state index contributed by atoms with van der Waals surface area (Å²) in [5, 5.41) is -0.0296. The fourth-order valence-corrected chi connectivity index (χ4v) is 1.45. The maximum Gasteiger partial charge on any atom is 0.123 e. The van der Waals surface area contributed by atoms with Gasteiger partial charge in [-0.1, -0.05) is 12.1 Å². The molecular weight excluding hydrogens is 201 g/mol. The number of hydrogen-bond acceptors (Lipinski definition) is 1. The van der Waals surface area contributed by atoms with Crippen molar-refractivity contribution >= 4 is 11.6 Å². The van der Waals surface area contributed by atoms with Gasteiger partial charge in [0.05, 0.1) is 5.38 Å². The van der Waals surface area contributed by atoms with E-state index in [2.05, 4.69) is 4.90 Å². The minimum atomic E-state index is -0.217. The van der Waals surface area contributed by atoms with Crippen LogP contribution in [0.3, 0.4) is 0 Å². The Hall–Kier alpha value is -0.600. The molecule has 0 heterocycles. The van der Waals surface area contributed by atoms with E-state index in [1.54, 1.807) is 12.1 Å². The average Bonchev–Trinajstić information content (AvgIpc) is 2.15. The minimum Gasteiger partial charge on any atom is -0.309 e. The lowest BCUT2D eigenvalue weighted by Gasteiger charge is -2.13. The molecule has 1 unspecified atom stereocenters. The molecule has 78 valence electrons. The summed E-state index contributed by atoms with van der Waals surface area (Å²) in [6.45, 7) is 0.936. The van der Waals surface area contributed by atoms with Gasteiger partial charge in [0.1, 0.15) is 5.82 Å². The minimum absolute atomic E-state index is 0.0296. The van der Waals surface area contributed by atoms with Gasteiger partial charge < -0.3 is 4.90 Å². The van der Waals surface area contributed by atoms with Crippen LogP contribution in [0.5, 0.6) is 0 Å². The van der Waals surface area contributed by atoms with Crippen LogP contribution >= 0.6 is 11.6 Å². The van der Waals surface area contributed by atoms with Crippen LogP contribution in [0.1, 0.15) is 17.4 Å². The van der Waals surface area contributed by atoms with E-state index in [9.17, 15) is 4.39 Å². The third-order valence-electron chi connectivity index (χ3n) is 2.06. The summed E-state index contributed by atoms with van der Waals surface area (Å²) in [6.07, 6.45) is 0.875. The van der Waals surface area contributed by atoms with E-state index in [0.29, 0.717) is 0 Å². The highest BCUT2D eigenvalue weighted by molar-refractivity contribution is 6.20.